The zero-order valence-electron chi connectivity index (χ0n) is 12.4. The van der Waals surface area contributed by atoms with Crippen LogP contribution in [0.1, 0.15) is 12.7 Å². The molecule has 0 saturated heterocycles. The molecule has 0 bridgehead atoms. The highest BCUT2D eigenvalue weighted by atomic mass is 19.1. The Labute approximate surface area is 127 Å². The van der Waals surface area contributed by atoms with Crippen LogP contribution in [0.15, 0.2) is 41.2 Å². The van der Waals surface area contributed by atoms with Crippen LogP contribution >= 0.6 is 0 Å². The van der Waals surface area contributed by atoms with E-state index in [0.29, 0.717) is 18.1 Å². The van der Waals surface area contributed by atoms with Gasteiger partial charge in [0.05, 0.1) is 5.56 Å². The maximum absolute atomic E-state index is 13.1. The Kier molecular flexibility index (Phi) is 4.02. The van der Waals surface area contributed by atoms with Crippen molar-refractivity contribution >= 4 is 0 Å². The number of H-pyrrole nitrogens is 1. The van der Waals surface area contributed by atoms with Crippen molar-refractivity contribution < 1.29 is 8.91 Å². The number of aromatic nitrogens is 3. The fraction of sp³-hybridized carbons (Fsp3) is 0.250. The van der Waals surface area contributed by atoms with E-state index in [4.69, 9.17) is 4.52 Å². The third-order valence-electron chi connectivity index (χ3n) is 3.58. The molecule has 114 valence electrons. The number of benzene rings is 1. The highest BCUT2D eigenvalue weighted by Crippen LogP contribution is 2.31. The summed E-state index contributed by atoms with van der Waals surface area (Å²) in [5.41, 5.74) is 2.60. The molecule has 1 aromatic carbocycles. The minimum atomic E-state index is -0.262. The quantitative estimate of drug-likeness (QED) is 0.760. The van der Waals surface area contributed by atoms with Crippen molar-refractivity contribution in [2.45, 2.75) is 19.4 Å². The van der Waals surface area contributed by atoms with Crippen molar-refractivity contribution in [3.05, 3.63) is 48.3 Å². The molecule has 3 aromatic rings. The van der Waals surface area contributed by atoms with E-state index < -0.39 is 0 Å². The number of nitrogens with one attached hydrogen (secondary N) is 2. The average Bonchev–Trinajstić information content (AvgIpc) is 3.16. The van der Waals surface area contributed by atoms with Gasteiger partial charge in [-0.05, 0) is 31.7 Å². The second-order valence-electron chi connectivity index (χ2n) is 5.20. The molecule has 5 nitrogen and oxygen atoms in total. The average molecular weight is 300 g/mol. The van der Waals surface area contributed by atoms with Crippen LogP contribution in [0.3, 0.4) is 0 Å². The van der Waals surface area contributed by atoms with Gasteiger partial charge in [-0.3, -0.25) is 0 Å². The van der Waals surface area contributed by atoms with Gasteiger partial charge in [-0.25, -0.2) is 4.39 Å². The predicted octanol–water partition coefficient (Wildman–Crippen LogP) is 3.02. The summed E-state index contributed by atoms with van der Waals surface area (Å²) in [6.45, 7) is 2.05. The van der Waals surface area contributed by atoms with Crippen LogP contribution in [-0.2, 0) is 6.42 Å². The van der Waals surface area contributed by atoms with Crippen LogP contribution in [0.2, 0.25) is 0 Å². The normalized spacial score (nSPS) is 12.5. The fourth-order valence-electron chi connectivity index (χ4n) is 2.23. The van der Waals surface area contributed by atoms with Crippen LogP contribution in [0, 0.1) is 5.82 Å². The molecular weight excluding hydrogens is 283 g/mol. The van der Waals surface area contributed by atoms with E-state index in [0.717, 1.165) is 16.7 Å². The highest BCUT2D eigenvalue weighted by molar-refractivity contribution is 5.79. The molecule has 2 aromatic heterocycles. The summed E-state index contributed by atoms with van der Waals surface area (Å²) >= 11 is 0. The number of nitrogens with zero attached hydrogens (tertiary/aromatic N) is 2. The summed E-state index contributed by atoms with van der Waals surface area (Å²) < 4.78 is 18.4. The zero-order chi connectivity index (χ0) is 15.5. The topological polar surface area (TPSA) is 66.7 Å². The Morgan fingerprint density at radius 2 is 1.95 bits per heavy atom. The van der Waals surface area contributed by atoms with Crippen molar-refractivity contribution in [3.8, 4) is 22.6 Å². The van der Waals surface area contributed by atoms with E-state index in [1.807, 2.05) is 13.2 Å². The second kappa shape index (κ2) is 6.11. The first-order chi connectivity index (χ1) is 10.7. The monoisotopic (exact) mass is 300 g/mol. The molecule has 0 fully saturated rings. The van der Waals surface area contributed by atoms with Crippen molar-refractivity contribution in [3.63, 3.8) is 0 Å². The first kappa shape index (κ1) is 14.5. The molecule has 6 heteroatoms. The van der Waals surface area contributed by atoms with Crippen molar-refractivity contribution in [1.29, 1.82) is 0 Å². The largest absolute Gasteiger partial charge is 0.366 e. The lowest BCUT2D eigenvalue weighted by atomic mass is 10.0. The standard InChI is InChI=1S/C16H17FN4O/c1-10(18-2)7-15-20-16(22-21-15)14-9-19-8-13(14)11-3-5-12(17)6-4-11/h3-6,8-10,18-19H,7H2,1-2H3. The smallest absolute Gasteiger partial charge is 0.260 e. The van der Waals surface area contributed by atoms with E-state index in [2.05, 4.69) is 27.4 Å². The maximum atomic E-state index is 13.1. The Morgan fingerprint density at radius 3 is 2.68 bits per heavy atom. The van der Waals surface area contributed by atoms with Crippen LogP contribution in [-0.4, -0.2) is 28.2 Å². The lowest BCUT2D eigenvalue weighted by Gasteiger charge is -2.04. The zero-order valence-corrected chi connectivity index (χ0v) is 12.4. The molecule has 1 unspecified atom stereocenters. The van der Waals surface area contributed by atoms with Crippen LogP contribution in [0.5, 0.6) is 0 Å². The minimum absolute atomic E-state index is 0.262. The van der Waals surface area contributed by atoms with Crippen molar-refractivity contribution in [2.24, 2.45) is 0 Å². The Balaban J connectivity index is 1.90. The second-order valence-corrected chi connectivity index (χ2v) is 5.20. The molecule has 3 rings (SSSR count). The van der Waals surface area contributed by atoms with Crippen LogP contribution in [0.4, 0.5) is 4.39 Å². The van der Waals surface area contributed by atoms with E-state index in [1.54, 1.807) is 18.3 Å². The first-order valence-corrected chi connectivity index (χ1v) is 7.10. The molecule has 22 heavy (non-hydrogen) atoms. The molecule has 0 radical (unpaired) electrons. The van der Waals surface area contributed by atoms with Gasteiger partial charge in [0.25, 0.3) is 5.89 Å². The summed E-state index contributed by atoms with van der Waals surface area (Å²) in [6.07, 6.45) is 4.33. The van der Waals surface area contributed by atoms with Gasteiger partial charge in [0, 0.05) is 30.4 Å². The van der Waals surface area contributed by atoms with E-state index in [1.165, 1.54) is 12.1 Å². The summed E-state index contributed by atoms with van der Waals surface area (Å²) in [5, 5.41) is 7.15. The fourth-order valence-corrected chi connectivity index (χ4v) is 2.23. The van der Waals surface area contributed by atoms with Gasteiger partial charge >= 0.3 is 0 Å². The van der Waals surface area contributed by atoms with Gasteiger partial charge in [-0.15, -0.1) is 0 Å². The molecule has 0 aliphatic rings. The third-order valence-corrected chi connectivity index (χ3v) is 3.58. The van der Waals surface area contributed by atoms with E-state index >= 15 is 0 Å². The molecular formula is C16H17FN4O. The minimum Gasteiger partial charge on any atom is -0.366 e. The van der Waals surface area contributed by atoms with E-state index in [-0.39, 0.29) is 11.9 Å². The third kappa shape index (κ3) is 2.92. The molecule has 1 atom stereocenters. The van der Waals surface area contributed by atoms with Gasteiger partial charge in [0.2, 0.25) is 0 Å². The summed E-state index contributed by atoms with van der Waals surface area (Å²) in [4.78, 5) is 7.47. The van der Waals surface area contributed by atoms with Gasteiger partial charge in [0.1, 0.15) is 5.82 Å². The number of hydrogen-bond donors (Lipinski definition) is 2. The van der Waals surface area contributed by atoms with Crippen LogP contribution < -0.4 is 5.32 Å². The number of likely N-dealkylation sites (N-methyl/N-ethyl adjacent to an activating group) is 1. The highest BCUT2D eigenvalue weighted by Gasteiger charge is 2.16. The van der Waals surface area contributed by atoms with Gasteiger partial charge in [-0.2, -0.15) is 4.98 Å². The lowest BCUT2D eigenvalue weighted by Crippen LogP contribution is -2.24. The summed E-state index contributed by atoms with van der Waals surface area (Å²) in [7, 11) is 1.89. The number of rotatable bonds is 5. The lowest BCUT2D eigenvalue weighted by molar-refractivity contribution is 0.418. The molecule has 0 amide bonds. The van der Waals surface area contributed by atoms with Gasteiger partial charge < -0.3 is 14.8 Å². The van der Waals surface area contributed by atoms with Crippen LogP contribution in [0.25, 0.3) is 22.6 Å². The predicted molar refractivity (Wildman–Crippen MR) is 81.7 cm³/mol. The first-order valence-electron chi connectivity index (χ1n) is 7.10. The van der Waals surface area contributed by atoms with E-state index in [9.17, 15) is 4.39 Å². The SMILES string of the molecule is CNC(C)Cc1noc(-c2c[nH]cc2-c2ccc(F)cc2)n1. The number of hydrogen-bond acceptors (Lipinski definition) is 4. The molecule has 0 saturated carbocycles. The van der Waals surface area contributed by atoms with Crippen molar-refractivity contribution in [2.75, 3.05) is 7.05 Å². The maximum Gasteiger partial charge on any atom is 0.260 e. The molecule has 0 aliphatic carbocycles. The molecule has 2 N–H and O–H groups in total. The van der Waals surface area contributed by atoms with Gasteiger partial charge in [-0.1, -0.05) is 17.3 Å². The Hall–Kier alpha value is -2.47. The number of aromatic amines is 1. The number of halogens is 1. The summed E-state index contributed by atoms with van der Waals surface area (Å²) in [5.74, 6) is 0.851. The molecule has 0 aliphatic heterocycles. The Bertz CT molecular complexity index is 748. The molecule has 0 spiro atoms. The Morgan fingerprint density at radius 1 is 1.23 bits per heavy atom. The van der Waals surface area contributed by atoms with Crippen molar-refractivity contribution in [1.82, 2.24) is 20.4 Å². The van der Waals surface area contributed by atoms with Gasteiger partial charge in [0.15, 0.2) is 5.82 Å². The molecule has 2 heterocycles. The summed E-state index contributed by atoms with van der Waals surface area (Å²) in [6, 6.07) is 6.58.